The van der Waals surface area contributed by atoms with Crippen LogP contribution in [0.5, 0.6) is 0 Å². The zero-order chi connectivity index (χ0) is 15.3. The lowest BCUT2D eigenvalue weighted by molar-refractivity contribution is -0.875. The Hall–Kier alpha value is -0.630. The van der Waals surface area contributed by atoms with Crippen molar-refractivity contribution in [3.8, 4) is 0 Å². The molecule has 0 aliphatic carbocycles. The second kappa shape index (κ2) is 7.23. The molecule has 3 N–H and O–H groups in total. The lowest BCUT2D eigenvalue weighted by Crippen LogP contribution is -2.59. The van der Waals surface area contributed by atoms with Crippen LogP contribution in [0.2, 0.25) is 0 Å². The number of thioether (sulfide) groups is 1. The predicted molar refractivity (Wildman–Crippen MR) is 73.5 cm³/mol. The van der Waals surface area contributed by atoms with E-state index in [4.69, 9.17) is 5.73 Å². The molecule has 0 aliphatic rings. The van der Waals surface area contributed by atoms with Crippen molar-refractivity contribution < 1.29 is 24.3 Å². The monoisotopic (exact) mass is 292 g/mol. The number of nitrogens with zero attached hydrogens (tertiary/aromatic N) is 1. The summed E-state index contributed by atoms with van der Waals surface area (Å²) in [6.07, 6.45) is 1.57. The van der Waals surface area contributed by atoms with Crippen LogP contribution in [0.15, 0.2) is 0 Å². The molecule has 0 rings (SSSR count). The molecule has 0 saturated heterocycles. The van der Waals surface area contributed by atoms with Gasteiger partial charge in [-0.15, -0.1) is 0 Å². The van der Waals surface area contributed by atoms with E-state index in [2.05, 4.69) is 0 Å². The van der Waals surface area contributed by atoms with Crippen LogP contribution >= 0.6 is 11.8 Å². The third kappa shape index (κ3) is 6.91. The fraction of sp³-hybridized carbons (Fsp3) is 0.833. The maximum Gasteiger partial charge on any atom is 0.187 e. The molecule has 6 nitrogen and oxygen atoms in total. The average molecular weight is 292 g/mol. The Labute approximate surface area is 118 Å². The van der Waals surface area contributed by atoms with Gasteiger partial charge in [-0.05, 0) is 18.4 Å². The minimum Gasteiger partial charge on any atom is -0.550 e. The minimum absolute atomic E-state index is 0.0211. The predicted octanol–water partition coefficient (Wildman–Crippen LogP) is -1.79. The number of aliphatic hydroxyl groups is 1. The molecule has 0 spiro atoms. The van der Waals surface area contributed by atoms with Crippen LogP contribution in [0.3, 0.4) is 0 Å². The molecule has 7 heteroatoms. The van der Waals surface area contributed by atoms with E-state index in [1.165, 1.54) is 11.8 Å². The standard InChI is InChI=1S/C12H24N2O4S/c1-14(2,3)8-12(18,7-10(15)16)11(17)9(13)5-6-19-4/h9,18H,5-8,13H2,1-4H3/t9-,12+/m0/s1. The molecular weight excluding hydrogens is 268 g/mol. The fourth-order valence-electron chi connectivity index (χ4n) is 1.97. The van der Waals surface area contributed by atoms with E-state index in [1.54, 1.807) is 21.1 Å². The highest BCUT2D eigenvalue weighted by Gasteiger charge is 2.43. The first-order valence-corrected chi connectivity index (χ1v) is 7.43. The number of ketones is 1. The number of carbonyl (C=O) groups excluding carboxylic acids is 2. The van der Waals surface area contributed by atoms with Crippen LogP contribution < -0.4 is 10.8 Å². The van der Waals surface area contributed by atoms with Gasteiger partial charge in [0.15, 0.2) is 11.4 Å². The van der Waals surface area contributed by atoms with Gasteiger partial charge in [0.2, 0.25) is 0 Å². The first-order chi connectivity index (χ1) is 8.52. The molecule has 19 heavy (non-hydrogen) atoms. The minimum atomic E-state index is -1.98. The van der Waals surface area contributed by atoms with Crippen LogP contribution in [0.4, 0.5) is 0 Å². The summed E-state index contributed by atoms with van der Waals surface area (Å²) in [5.74, 6) is -1.40. The number of quaternary nitrogens is 1. The van der Waals surface area contributed by atoms with E-state index in [0.29, 0.717) is 12.2 Å². The summed E-state index contributed by atoms with van der Waals surface area (Å²) in [6.45, 7) is -0.0211. The highest BCUT2D eigenvalue weighted by atomic mass is 32.2. The summed E-state index contributed by atoms with van der Waals surface area (Å²) in [7, 11) is 5.29. The zero-order valence-electron chi connectivity index (χ0n) is 12.0. The molecule has 0 unspecified atom stereocenters. The molecule has 112 valence electrons. The van der Waals surface area contributed by atoms with Crippen molar-refractivity contribution in [1.29, 1.82) is 0 Å². The van der Waals surface area contributed by atoms with E-state index >= 15 is 0 Å². The molecule has 0 fully saturated rings. The smallest absolute Gasteiger partial charge is 0.187 e. The highest BCUT2D eigenvalue weighted by Crippen LogP contribution is 2.18. The molecule has 0 aromatic heterocycles. The number of rotatable bonds is 9. The maximum absolute atomic E-state index is 12.2. The van der Waals surface area contributed by atoms with Gasteiger partial charge < -0.3 is 25.2 Å². The molecule has 2 atom stereocenters. The summed E-state index contributed by atoms with van der Waals surface area (Å²) in [6, 6.07) is -0.858. The molecule has 0 aromatic carbocycles. The molecule has 0 radical (unpaired) electrons. The largest absolute Gasteiger partial charge is 0.550 e. The Morgan fingerprint density at radius 1 is 1.42 bits per heavy atom. The summed E-state index contributed by atoms with van der Waals surface area (Å²) >= 11 is 1.54. The first-order valence-electron chi connectivity index (χ1n) is 6.03. The Bertz CT molecular complexity index is 330. The number of Topliss-reactive ketones (excluding diaryl/α,β-unsaturated/α-hetero) is 1. The van der Waals surface area contributed by atoms with E-state index in [0.717, 1.165) is 0 Å². The fourth-order valence-corrected chi connectivity index (χ4v) is 2.46. The SMILES string of the molecule is CSCC[C@H](N)C(=O)[C@@](O)(CC(=O)[O-])C[N+](C)(C)C. The van der Waals surface area contributed by atoms with Gasteiger partial charge in [-0.3, -0.25) is 4.79 Å². The normalized spacial score (nSPS) is 16.7. The van der Waals surface area contributed by atoms with Gasteiger partial charge in [0.25, 0.3) is 0 Å². The van der Waals surface area contributed by atoms with Crippen molar-refractivity contribution in [3.63, 3.8) is 0 Å². The number of hydrogen-bond donors (Lipinski definition) is 2. The van der Waals surface area contributed by atoms with Crippen molar-refractivity contribution >= 4 is 23.5 Å². The molecule has 0 amide bonds. The van der Waals surface area contributed by atoms with Gasteiger partial charge in [0.1, 0.15) is 6.54 Å². The van der Waals surface area contributed by atoms with Gasteiger partial charge in [-0.25, -0.2) is 0 Å². The first kappa shape index (κ1) is 18.4. The summed E-state index contributed by atoms with van der Waals surface area (Å²) in [4.78, 5) is 23.0. The van der Waals surface area contributed by atoms with Gasteiger partial charge in [0.05, 0.1) is 27.2 Å². The number of carbonyl (C=O) groups is 2. The maximum atomic E-state index is 12.2. The Morgan fingerprint density at radius 3 is 2.32 bits per heavy atom. The number of aliphatic carboxylic acids is 1. The van der Waals surface area contributed by atoms with Crippen molar-refractivity contribution in [1.82, 2.24) is 0 Å². The lowest BCUT2D eigenvalue weighted by atomic mass is 9.88. The second-order valence-electron chi connectivity index (χ2n) is 5.78. The zero-order valence-corrected chi connectivity index (χ0v) is 12.8. The summed E-state index contributed by atoms with van der Waals surface area (Å²) in [5.41, 5.74) is 3.76. The van der Waals surface area contributed by atoms with E-state index in [9.17, 15) is 19.8 Å². The van der Waals surface area contributed by atoms with Crippen LogP contribution in [-0.4, -0.2) is 72.7 Å². The average Bonchev–Trinajstić information content (AvgIpc) is 2.20. The molecule has 0 aliphatic heterocycles. The van der Waals surface area contributed by atoms with Gasteiger partial charge in [0, 0.05) is 12.4 Å². The van der Waals surface area contributed by atoms with E-state index in [-0.39, 0.29) is 11.0 Å². The molecule has 0 heterocycles. The quantitative estimate of drug-likeness (QED) is 0.487. The summed E-state index contributed by atoms with van der Waals surface area (Å²) in [5, 5.41) is 21.1. The van der Waals surface area contributed by atoms with Crippen LogP contribution in [-0.2, 0) is 9.59 Å². The van der Waals surface area contributed by atoms with E-state index < -0.39 is 29.8 Å². The molecule has 0 aromatic rings. The number of hydrogen-bond acceptors (Lipinski definition) is 6. The second-order valence-corrected chi connectivity index (χ2v) is 6.77. The number of carboxylic acids is 1. The van der Waals surface area contributed by atoms with Gasteiger partial charge in [-0.2, -0.15) is 11.8 Å². The van der Waals surface area contributed by atoms with E-state index in [1.807, 2.05) is 6.26 Å². The molecular formula is C12H24N2O4S. The Kier molecular flexibility index (Phi) is 6.99. The third-order valence-electron chi connectivity index (χ3n) is 2.60. The highest BCUT2D eigenvalue weighted by molar-refractivity contribution is 7.98. The van der Waals surface area contributed by atoms with Gasteiger partial charge in [-0.1, -0.05) is 0 Å². The molecule has 0 saturated carbocycles. The van der Waals surface area contributed by atoms with Crippen molar-refractivity contribution in [2.24, 2.45) is 5.73 Å². The molecule has 0 bridgehead atoms. The van der Waals surface area contributed by atoms with Crippen LogP contribution in [0, 0.1) is 0 Å². The third-order valence-corrected chi connectivity index (χ3v) is 3.25. The van der Waals surface area contributed by atoms with Crippen molar-refractivity contribution in [2.75, 3.05) is 39.7 Å². The summed E-state index contributed by atoms with van der Waals surface area (Å²) < 4.78 is 0.255. The lowest BCUT2D eigenvalue weighted by Gasteiger charge is -2.36. The van der Waals surface area contributed by atoms with Crippen molar-refractivity contribution in [2.45, 2.75) is 24.5 Å². The number of likely N-dealkylation sites (N-methyl/N-ethyl adjacent to an activating group) is 1. The van der Waals surface area contributed by atoms with Gasteiger partial charge >= 0.3 is 0 Å². The Morgan fingerprint density at radius 2 is 1.95 bits per heavy atom. The van der Waals surface area contributed by atoms with Crippen molar-refractivity contribution in [3.05, 3.63) is 0 Å². The topological polar surface area (TPSA) is 103 Å². The van der Waals surface area contributed by atoms with Crippen LogP contribution in [0.25, 0.3) is 0 Å². The number of nitrogens with two attached hydrogens (primary N) is 1. The van der Waals surface area contributed by atoms with Crippen LogP contribution in [0.1, 0.15) is 12.8 Å². The number of carboxylic acid groups (broad SMARTS) is 1. The Balaban J connectivity index is 5.01.